The van der Waals surface area contributed by atoms with Gasteiger partial charge in [0.1, 0.15) is 22.3 Å². The molecule has 0 fully saturated rings. The lowest BCUT2D eigenvalue weighted by molar-refractivity contribution is 0.668. The van der Waals surface area contributed by atoms with Crippen molar-refractivity contribution < 1.29 is 8.83 Å². The molecule has 1 spiro atoms. The van der Waals surface area contributed by atoms with Crippen LogP contribution >= 0.6 is 0 Å². The van der Waals surface area contributed by atoms with Gasteiger partial charge in [-0.15, -0.1) is 0 Å². The standard InChI is InChI=1S/C55H33NO2/c1-7-22-43-35(15-1)36-16-2-8-23-44(36)55(43)45-24-9-3-19-40(45)54-46(55)25-14-27-48(54)56(34-31-32-51-42(33-34)38-18-5-11-28-49(38)57-51)47-26-10-4-17-37(47)39-21-13-30-52-53(39)41-20-6-12-29-50(41)58-52/h1-33H. The molecule has 2 aliphatic carbocycles. The number of benzene rings is 9. The minimum absolute atomic E-state index is 0.466. The lowest BCUT2D eigenvalue weighted by atomic mass is 9.70. The van der Waals surface area contributed by atoms with Gasteiger partial charge in [-0.3, -0.25) is 0 Å². The van der Waals surface area contributed by atoms with Crippen molar-refractivity contribution in [3.63, 3.8) is 0 Å². The summed E-state index contributed by atoms with van der Waals surface area (Å²) in [4.78, 5) is 2.49. The molecule has 0 unspecified atom stereocenters. The van der Waals surface area contributed by atoms with E-state index in [-0.39, 0.29) is 0 Å². The first-order chi connectivity index (χ1) is 28.8. The number of nitrogens with zero attached hydrogens (tertiary/aromatic N) is 1. The molecule has 270 valence electrons. The van der Waals surface area contributed by atoms with Crippen molar-refractivity contribution >= 4 is 60.9 Å². The van der Waals surface area contributed by atoms with Gasteiger partial charge >= 0.3 is 0 Å². The normalized spacial score (nSPS) is 13.3. The number of hydrogen-bond acceptors (Lipinski definition) is 3. The summed E-state index contributed by atoms with van der Waals surface area (Å²) in [6.07, 6.45) is 0. The van der Waals surface area contributed by atoms with Gasteiger partial charge in [0.25, 0.3) is 0 Å². The largest absolute Gasteiger partial charge is 0.456 e. The van der Waals surface area contributed by atoms with Gasteiger partial charge in [0.05, 0.1) is 16.8 Å². The van der Waals surface area contributed by atoms with Gasteiger partial charge in [-0.25, -0.2) is 0 Å². The molecule has 0 N–H and O–H groups in total. The minimum Gasteiger partial charge on any atom is -0.456 e. The molecule has 0 saturated carbocycles. The molecule has 9 aromatic carbocycles. The maximum atomic E-state index is 6.45. The van der Waals surface area contributed by atoms with E-state index in [2.05, 4.69) is 193 Å². The Balaban J connectivity index is 1.15. The molecule has 13 rings (SSSR count). The van der Waals surface area contributed by atoms with Crippen molar-refractivity contribution in [3.05, 3.63) is 222 Å². The quantitative estimate of drug-likeness (QED) is 0.180. The number of fused-ring (bicyclic) bond motifs is 16. The fourth-order valence-corrected chi connectivity index (χ4v) is 10.5. The highest BCUT2D eigenvalue weighted by molar-refractivity contribution is 6.15. The number of rotatable bonds is 4. The number of hydrogen-bond donors (Lipinski definition) is 0. The zero-order chi connectivity index (χ0) is 38.0. The monoisotopic (exact) mass is 739 g/mol. The zero-order valence-corrected chi connectivity index (χ0v) is 31.3. The molecule has 0 bridgehead atoms. The van der Waals surface area contributed by atoms with Crippen molar-refractivity contribution in [2.24, 2.45) is 0 Å². The summed E-state index contributed by atoms with van der Waals surface area (Å²) in [6, 6.07) is 72.6. The molecule has 3 heteroatoms. The third-order valence-corrected chi connectivity index (χ3v) is 12.7. The van der Waals surface area contributed by atoms with Crippen molar-refractivity contribution in [1.82, 2.24) is 0 Å². The van der Waals surface area contributed by atoms with Crippen LogP contribution in [0.2, 0.25) is 0 Å². The van der Waals surface area contributed by atoms with Crippen LogP contribution in [0.3, 0.4) is 0 Å². The highest BCUT2D eigenvalue weighted by Gasteiger charge is 2.52. The number of para-hydroxylation sites is 3. The van der Waals surface area contributed by atoms with Crippen LogP contribution in [0.4, 0.5) is 17.1 Å². The molecule has 3 nitrogen and oxygen atoms in total. The highest BCUT2D eigenvalue weighted by Crippen LogP contribution is 2.65. The molecular weight excluding hydrogens is 707 g/mol. The maximum Gasteiger partial charge on any atom is 0.136 e. The van der Waals surface area contributed by atoms with Gasteiger partial charge < -0.3 is 13.7 Å². The predicted molar refractivity (Wildman–Crippen MR) is 237 cm³/mol. The second-order valence-electron chi connectivity index (χ2n) is 15.5. The van der Waals surface area contributed by atoms with Gasteiger partial charge in [-0.2, -0.15) is 0 Å². The summed E-state index contributed by atoms with van der Waals surface area (Å²) in [5, 5.41) is 4.41. The molecular formula is C55H33NO2. The predicted octanol–water partition coefficient (Wildman–Crippen LogP) is 15.0. The molecule has 0 saturated heterocycles. The van der Waals surface area contributed by atoms with Crippen LogP contribution in [0.25, 0.3) is 77.3 Å². The van der Waals surface area contributed by atoms with E-state index in [9.17, 15) is 0 Å². The number of furan rings is 2. The Kier molecular flexibility index (Phi) is 6.37. The maximum absolute atomic E-state index is 6.45. The summed E-state index contributed by atoms with van der Waals surface area (Å²) in [5.41, 5.74) is 18.9. The Labute approximate surface area is 334 Å². The average Bonchev–Trinajstić information content (AvgIpc) is 4.02. The third-order valence-electron chi connectivity index (χ3n) is 12.7. The molecule has 2 aromatic heterocycles. The summed E-state index contributed by atoms with van der Waals surface area (Å²) >= 11 is 0. The lowest BCUT2D eigenvalue weighted by Gasteiger charge is -2.32. The summed E-state index contributed by atoms with van der Waals surface area (Å²) in [5.74, 6) is 0. The Hall–Kier alpha value is -7.62. The van der Waals surface area contributed by atoms with E-state index in [1.807, 2.05) is 12.1 Å². The lowest BCUT2D eigenvalue weighted by Crippen LogP contribution is -2.26. The summed E-state index contributed by atoms with van der Waals surface area (Å²) in [6.45, 7) is 0. The first-order valence-corrected chi connectivity index (χ1v) is 19.9. The highest BCUT2D eigenvalue weighted by atomic mass is 16.3. The van der Waals surface area contributed by atoms with Crippen LogP contribution in [0, 0.1) is 0 Å². The van der Waals surface area contributed by atoms with Crippen LogP contribution in [0.1, 0.15) is 22.3 Å². The van der Waals surface area contributed by atoms with Crippen LogP contribution in [0.15, 0.2) is 209 Å². The fourth-order valence-electron chi connectivity index (χ4n) is 10.5. The molecule has 2 heterocycles. The van der Waals surface area contributed by atoms with E-state index in [0.717, 1.165) is 72.1 Å². The number of anilines is 3. The summed E-state index contributed by atoms with van der Waals surface area (Å²) in [7, 11) is 0. The van der Waals surface area contributed by atoms with Crippen LogP contribution in [0.5, 0.6) is 0 Å². The second kappa shape index (κ2) is 11.7. The minimum atomic E-state index is -0.466. The molecule has 2 aliphatic rings. The van der Waals surface area contributed by atoms with Crippen molar-refractivity contribution in [3.8, 4) is 33.4 Å². The first-order valence-electron chi connectivity index (χ1n) is 19.9. The Bertz CT molecular complexity index is 3450. The smallest absolute Gasteiger partial charge is 0.136 e. The van der Waals surface area contributed by atoms with Crippen LogP contribution < -0.4 is 4.90 Å². The van der Waals surface area contributed by atoms with E-state index in [1.165, 1.54) is 44.5 Å². The Morgan fingerprint density at radius 1 is 0.328 bits per heavy atom. The van der Waals surface area contributed by atoms with Gasteiger partial charge in [-0.05, 0) is 93.0 Å². The van der Waals surface area contributed by atoms with Gasteiger partial charge in [-0.1, -0.05) is 152 Å². The van der Waals surface area contributed by atoms with E-state index < -0.39 is 5.41 Å². The van der Waals surface area contributed by atoms with E-state index in [1.54, 1.807) is 0 Å². The van der Waals surface area contributed by atoms with E-state index in [4.69, 9.17) is 8.83 Å². The Morgan fingerprint density at radius 3 is 1.60 bits per heavy atom. The second-order valence-corrected chi connectivity index (χ2v) is 15.5. The van der Waals surface area contributed by atoms with E-state index >= 15 is 0 Å². The van der Waals surface area contributed by atoms with Crippen molar-refractivity contribution in [2.75, 3.05) is 4.90 Å². The molecule has 11 aromatic rings. The van der Waals surface area contributed by atoms with Crippen LogP contribution in [-0.4, -0.2) is 0 Å². The molecule has 0 atom stereocenters. The van der Waals surface area contributed by atoms with Gasteiger partial charge in [0.15, 0.2) is 0 Å². The fraction of sp³-hybridized carbons (Fsp3) is 0.0182. The van der Waals surface area contributed by atoms with Crippen molar-refractivity contribution in [1.29, 1.82) is 0 Å². The topological polar surface area (TPSA) is 29.5 Å². The third kappa shape index (κ3) is 4.07. The van der Waals surface area contributed by atoms with Gasteiger partial charge in [0, 0.05) is 38.4 Å². The average molecular weight is 740 g/mol. The van der Waals surface area contributed by atoms with E-state index in [0.29, 0.717) is 0 Å². The summed E-state index contributed by atoms with van der Waals surface area (Å²) < 4.78 is 12.8. The van der Waals surface area contributed by atoms with Gasteiger partial charge in [0.2, 0.25) is 0 Å². The molecule has 0 amide bonds. The van der Waals surface area contributed by atoms with Crippen molar-refractivity contribution in [2.45, 2.75) is 5.41 Å². The van der Waals surface area contributed by atoms with Crippen LogP contribution in [-0.2, 0) is 5.41 Å². The zero-order valence-electron chi connectivity index (χ0n) is 31.3. The Morgan fingerprint density at radius 2 is 0.828 bits per heavy atom. The molecule has 58 heavy (non-hydrogen) atoms. The first kappa shape index (κ1) is 31.6. The SMILES string of the molecule is c1ccc(N(c2ccc3oc4ccccc4c3c2)c2cccc3c2-c2ccccc2C32c3ccccc3-c3ccccc32)c(-c2cccc3oc4ccccc4c23)c1. The molecule has 0 radical (unpaired) electrons. The molecule has 0 aliphatic heterocycles.